The van der Waals surface area contributed by atoms with Crippen LogP contribution >= 0.6 is 15.1 Å². The number of hydrogen-bond donors (Lipinski definition) is 0. The minimum Gasteiger partial charge on any atom is -0.756 e. The fraction of sp³-hybridized carbons (Fsp3) is 1.00. The van der Waals surface area contributed by atoms with Gasteiger partial charge in [-0.1, -0.05) is 186 Å². The highest BCUT2D eigenvalue weighted by molar-refractivity contribution is 7.75. The van der Waals surface area contributed by atoms with Gasteiger partial charge >= 0.3 is 0 Å². The van der Waals surface area contributed by atoms with Crippen LogP contribution in [0.3, 0.4) is 0 Å². The largest absolute Gasteiger partial charge is 0.756 e. The van der Waals surface area contributed by atoms with Crippen LogP contribution < -0.4 is 4.89 Å². The number of unbranched alkanes of at least 4 members (excludes halogenated alkanes) is 20. The second kappa shape index (κ2) is 35.5. The molecule has 0 radical (unpaired) electrons. The van der Waals surface area contributed by atoms with E-state index in [1.807, 2.05) is 13.8 Å². The Bertz CT molecular complexity index is 772. The maximum atomic E-state index is 11.8. The van der Waals surface area contributed by atoms with E-state index in [9.17, 15) is 9.46 Å². The minimum atomic E-state index is -4.18. The molecule has 0 aliphatic rings. The molecule has 0 aliphatic heterocycles. The van der Waals surface area contributed by atoms with Gasteiger partial charge in [-0.2, -0.15) is 0 Å². The Balaban J connectivity index is 0. The predicted molar refractivity (Wildman–Crippen MR) is 246 cm³/mol. The fourth-order valence-corrected chi connectivity index (χ4v) is 14.1. The van der Waals surface area contributed by atoms with Gasteiger partial charge in [-0.3, -0.25) is 4.57 Å². The predicted octanol–water partition coefficient (Wildman–Crippen LogP) is 17.1. The van der Waals surface area contributed by atoms with Gasteiger partial charge in [0.2, 0.25) is 0 Å². The van der Waals surface area contributed by atoms with Crippen LogP contribution in [0.5, 0.6) is 0 Å². The second-order valence-electron chi connectivity index (χ2n) is 20.1. The molecule has 328 valence electrons. The van der Waals surface area contributed by atoms with E-state index < -0.39 is 15.1 Å². The molecule has 0 fully saturated rings. The molecular formula is C48H102O4P2. The molecule has 2 atom stereocenters. The van der Waals surface area contributed by atoms with Crippen LogP contribution in [0.15, 0.2) is 0 Å². The van der Waals surface area contributed by atoms with Crippen LogP contribution in [0.4, 0.5) is 0 Å². The van der Waals surface area contributed by atoms with Crippen molar-refractivity contribution in [3.05, 3.63) is 0 Å². The SMILES string of the molecule is CC(COP(=O)([O-])OCC(C)CC(C)(C)C)CC(C)(C)C.CCCCCCCCCCCCCC[P+](CCCCCC)(CCCCCC)CCCCCC. The molecule has 0 aromatic carbocycles. The van der Waals surface area contributed by atoms with E-state index in [-0.39, 0.29) is 35.9 Å². The number of rotatable bonds is 36. The normalized spacial score (nSPS) is 14.8. The molecule has 0 spiro atoms. The smallest absolute Gasteiger partial charge is 0.267 e. The summed E-state index contributed by atoms with van der Waals surface area (Å²) in [5.41, 5.74) is 0.329. The van der Waals surface area contributed by atoms with E-state index in [1.54, 1.807) is 50.3 Å². The molecule has 0 rings (SSSR count). The second-order valence-corrected chi connectivity index (χ2v) is 26.0. The van der Waals surface area contributed by atoms with Crippen LogP contribution in [0.1, 0.15) is 250 Å². The third kappa shape index (κ3) is 40.7. The van der Waals surface area contributed by atoms with E-state index in [0.29, 0.717) is 0 Å². The van der Waals surface area contributed by atoms with Gasteiger partial charge < -0.3 is 13.9 Å². The maximum Gasteiger partial charge on any atom is 0.267 e. The van der Waals surface area contributed by atoms with Crippen molar-refractivity contribution in [1.82, 2.24) is 0 Å². The molecule has 0 N–H and O–H groups in total. The van der Waals surface area contributed by atoms with Gasteiger partial charge in [0.15, 0.2) is 0 Å². The third-order valence-electron chi connectivity index (χ3n) is 10.9. The Morgan fingerprint density at radius 1 is 0.444 bits per heavy atom. The summed E-state index contributed by atoms with van der Waals surface area (Å²) >= 11 is 0. The lowest BCUT2D eigenvalue weighted by Gasteiger charge is -2.29. The highest BCUT2D eigenvalue weighted by Crippen LogP contribution is 2.61. The molecular weight excluding hydrogens is 702 g/mol. The van der Waals surface area contributed by atoms with Gasteiger partial charge in [-0.05, 0) is 86.9 Å². The summed E-state index contributed by atoms with van der Waals surface area (Å²) in [4.78, 5) is 11.8. The van der Waals surface area contributed by atoms with E-state index in [0.717, 1.165) is 12.8 Å². The van der Waals surface area contributed by atoms with Gasteiger partial charge in [-0.25, -0.2) is 0 Å². The average Bonchev–Trinajstić information content (AvgIpc) is 3.08. The van der Waals surface area contributed by atoms with Crippen molar-refractivity contribution >= 4 is 15.1 Å². The number of phosphoric acid groups is 1. The molecule has 0 saturated heterocycles. The molecule has 0 amide bonds. The van der Waals surface area contributed by atoms with Crippen molar-refractivity contribution in [1.29, 1.82) is 0 Å². The Labute approximate surface area is 343 Å². The molecule has 0 heterocycles. The summed E-state index contributed by atoms with van der Waals surface area (Å²) in [5, 5.41) is 0. The summed E-state index contributed by atoms with van der Waals surface area (Å²) in [6.07, 6.45) is 43.9. The van der Waals surface area contributed by atoms with Crippen LogP contribution in [0, 0.1) is 22.7 Å². The van der Waals surface area contributed by atoms with Crippen molar-refractivity contribution in [2.24, 2.45) is 22.7 Å². The van der Waals surface area contributed by atoms with E-state index in [1.165, 1.54) is 128 Å². The standard InChI is InChI=1S/C32H68P.C16H35O4P/c1-5-9-13-17-18-19-20-21-22-23-24-28-32-33(29-25-14-10-6-2,30-26-15-11-7-3)31-27-16-12-8-4;1-13(9-15(3,4)5)11-19-21(17,18)20-12-14(2)10-16(6,7)8/h5-32H2,1-4H3;13-14H,9-12H2,1-8H3,(H,17,18)/q+1;/p-1. The van der Waals surface area contributed by atoms with E-state index in [2.05, 4.69) is 69.2 Å². The first kappa shape index (κ1) is 56.6. The zero-order valence-corrected chi connectivity index (χ0v) is 41.1. The van der Waals surface area contributed by atoms with Gasteiger partial charge in [0, 0.05) is 7.26 Å². The van der Waals surface area contributed by atoms with Crippen molar-refractivity contribution in [2.45, 2.75) is 250 Å². The summed E-state index contributed by atoms with van der Waals surface area (Å²) in [5.74, 6) is 0.366. The molecule has 0 aromatic rings. The molecule has 6 heteroatoms. The first-order valence-electron chi connectivity index (χ1n) is 23.9. The summed E-state index contributed by atoms with van der Waals surface area (Å²) in [7, 11) is -4.88. The quantitative estimate of drug-likeness (QED) is 0.0467. The van der Waals surface area contributed by atoms with E-state index >= 15 is 0 Å². The van der Waals surface area contributed by atoms with Crippen LogP contribution in [0.2, 0.25) is 0 Å². The van der Waals surface area contributed by atoms with Crippen molar-refractivity contribution in [3.8, 4) is 0 Å². The first-order valence-corrected chi connectivity index (χ1v) is 27.9. The van der Waals surface area contributed by atoms with Crippen LogP contribution in [-0.2, 0) is 13.6 Å². The zero-order valence-electron chi connectivity index (χ0n) is 39.3. The Morgan fingerprint density at radius 2 is 0.667 bits per heavy atom. The summed E-state index contributed by atoms with van der Waals surface area (Å²) < 4.78 is 21.7. The molecule has 0 aromatic heterocycles. The van der Waals surface area contributed by atoms with E-state index in [4.69, 9.17) is 9.05 Å². The molecule has 0 aliphatic carbocycles. The maximum absolute atomic E-state index is 11.8. The van der Waals surface area contributed by atoms with Gasteiger partial charge in [0.25, 0.3) is 7.82 Å². The van der Waals surface area contributed by atoms with Crippen molar-refractivity contribution in [2.75, 3.05) is 37.9 Å². The van der Waals surface area contributed by atoms with Gasteiger partial charge in [0.1, 0.15) is 0 Å². The van der Waals surface area contributed by atoms with Gasteiger partial charge in [0.05, 0.1) is 37.9 Å². The summed E-state index contributed by atoms with van der Waals surface area (Å²) in [6, 6.07) is 0. The lowest BCUT2D eigenvalue weighted by atomic mass is 9.86. The zero-order chi connectivity index (χ0) is 41.2. The fourth-order valence-electron chi connectivity index (χ4n) is 8.26. The topological polar surface area (TPSA) is 58.6 Å². The molecule has 4 nitrogen and oxygen atoms in total. The summed E-state index contributed by atoms with van der Waals surface area (Å²) in [6.45, 7) is 26.6. The number of phosphoric ester groups is 1. The monoisotopic (exact) mass is 805 g/mol. The van der Waals surface area contributed by atoms with Crippen molar-refractivity contribution in [3.63, 3.8) is 0 Å². The Kier molecular flexibility index (Phi) is 37.2. The minimum absolute atomic E-state index is 0.164. The average molecular weight is 805 g/mol. The van der Waals surface area contributed by atoms with Crippen LogP contribution in [-0.4, -0.2) is 37.9 Å². The van der Waals surface area contributed by atoms with Crippen molar-refractivity contribution < 1.29 is 18.5 Å². The highest BCUT2D eigenvalue weighted by atomic mass is 31.2. The molecule has 54 heavy (non-hydrogen) atoms. The molecule has 0 bridgehead atoms. The highest BCUT2D eigenvalue weighted by Gasteiger charge is 2.35. The number of hydrogen-bond acceptors (Lipinski definition) is 4. The van der Waals surface area contributed by atoms with Crippen LogP contribution in [0.25, 0.3) is 0 Å². The first-order chi connectivity index (χ1) is 25.4. The molecule has 0 saturated carbocycles. The third-order valence-corrected chi connectivity index (χ3v) is 16.9. The Hall–Kier alpha value is 0.540. The Morgan fingerprint density at radius 3 is 0.907 bits per heavy atom. The van der Waals surface area contributed by atoms with Gasteiger partial charge in [-0.15, -0.1) is 0 Å². The molecule has 2 unspecified atom stereocenters. The lowest BCUT2D eigenvalue weighted by molar-refractivity contribution is -0.227. The lowest BCUT2D eigenvalue weighted by Crippen LogP contribution is -2.20.